The molecule has 0 aromatic rings. The van der Waals surface area contributed by atoms with E-state index in [2.05, 4.69) is 35.6 Å². The number of nitrogens with zero attached hydrogens (tertiary/aromatic N) is 2. The summed E-state index contributed by atoms with van der Waals surface area (Å²) in [7, 11) is 2.17. The number of hydrogen-bond acceptors (Lipinski definition) is 2. The SMILES string of the molecule is C=C/C(=C\C=C/C)N1CCN(C)CC1.CC.CC. The van der Waals surface area contributed by atoms with Crippen molar-refractivity contribution in [1.29, 1.82) is 0 Å². The molecule has 0 bridgehead atoms. The fourth-order valence-electron chi connectivity index (χ4n) is 1.56. The number of allylic oxidation sites excluding steroid dienone is 4. The second-order valence-electron chi connectivity index (χ2n) is 3.61. The summed E-state index contributed by atoms with van der Waals surface area (Å²) >= 11 is 0. The van der Waals surface area contributed by atoms with Gasteiger partial charge in [0.2, 0.25) is 0 Å². The van der Waals surface area contributed by atoms with Crippen molar-refractivity contribution in [2.45, 2.75) is 34.6 Å². The van der Waals surface area contributed by atoms with Gasteiger partial charge in [0.1, 0.15) is 0 Å². The predicted molar refractivity (Wildman–Crippen MR) is 84.9 cm³/mol. The van der Waals surface area contributed by atoms with Crippen molar-refractivity contribution in [3.8, 4) is 0 Å². The topological polar surface area (TPSA) is 6.48 Å². The highest BCUT2D eigenvalue weighted by molar-refractivity contribution is 5.21. The molecule has 0 radical (unpaired) electrons. The minimum atomic E-state index is 1.10. The van der Waals surface area contributed by atoms with Crippen molar-refractivity contribution in [2.24, 2.45) is 0 Å². The van der Waals surface area contributed by atoms with Gasteiger partial charge in [0.05, 0.1) is 0 Å². The number of hydrogen-bond donors (Lipinski definition) is 0. The molecule has 1 aliphatic heterocycles. The maximum Gasteiger partial charge on any atom is 0.0361 e. The summed E-state index contributed by atoms with van der Waals surface area (Å²) in [6.07, 6.45) is 8.17. The van der Waals surface area contributed by atoms with Crippen LogP contribution in [0.15, 0.2) is 36.6 Å². The highest BCUT2D eigenvalue weighted by atomic mass is 15.2. The van der Waals surface area contributed by atoms with Gasteiger partial charge in [-0.2, -0.15) is 0 Å². The van der Waals surface area contributed by atoms with Crippen molar-refractivity contribution in [3.63, 3.8) is 0 Å². The Labute approximate surface area is 115 Å². The minimum absolute atomic E-state index is 1.10. The Morgan fingerprint density at radius 3 is 1.89 bits per heavy atom. The summed E-state index contributed by atoms with van der Waals surface area (Å²) in [5.74, 6) is 0. The second-order valence-corrected chi connectivity index (χ2v) is 3.61. The lowest BCUT2D eigenvalue weighted by Gasteiger charge is -2.34. The third kappa shape index (κ3) is 8.13. The van der Waals surface area contributed by atoms with Crippen molar-refractivity contribution in [3.05, 3.63) is 36.6 Å². The monoisotopic (exact) mass is 252 g/mol. The quantitative estimate of drug-likeness (QED) is 0.702. The fraction of sp³-hybridized carbons (Fsp3) is 0.625. The Balaban J connectivity index is 0. The molecular formula is C16H32N2. The van der Waals surface area contributed by atoms with Gasteiger partial charge < -0.3 is 9.80 Å². The van der Waals surface area contributed by atoms with Crippen molar-refractivity contribution in [2.75, 3.05) is 33.2 Å². The number of likely N-dealkylation sites (N-methyl/N-ethyl adjacent to an activating group) is 1. The molecule has 18 heavy (non-hydrogen) atoms. The summed E-state index contributed by atoms with van der Waals surface area (Å²) in [5.41, 5.74) is 1.23. The predicted octanol–water partition coefficient (Wildman–Crippen LogP) is 3.93. The first-order valence-electron chi connectivity index (χ1n) is 7.17. The summed E-state index contributed by atoms with van der Waals surface area (Å²) < 4.78 is 0. The molecule has 1 saturated heterocycles. The maximum atomic E-state index is 3.85. The summed E-state index contributed by atoms with van der Waals surface area (Å²) in [6.45, 7) is 18.4. The zero-order chi connectivity index (χ0) is 14.4. The van der Waals surface area contributed by atoms with E-state index in [0.717, 1.165) is 26.2 Å². The molecule has 106 valence electrons. The van der Waals surface area contributed by atoms with E-state index in [4.69, 9.17) is 0 Å². The van der Waals surface area contributed by atoms with Crippen LogP contribution in [0.3, 0.4) is 0 Å². The molecule has 1 rings (SSSR count). The number of rotatable bonds is 3. The van der Waals surface area contributed by atoms with Gasteiger partial charge in [0.25, 0.3) is 0 Å². The van der Waals surface area contributed by atoms with Crippen LogP contribution in [-0.4, -0.2) is 43.0 Å². The van der Waals surface area contributed by atoms with Gasteiger partial charge in [-0.15, -0.1) is 0 Å². The normalized spacial score (nSPS) is 16.6. The van der Waals surface area contributed by atoms with Crippen LogP contribution in [0.25, 0.3) is 0 Å². The van der Waals surface area contributed by atoms with Crippen LogP contribution < -0.4 is 0 Å². The van der Waals surface area contributed by atoms with Crippen LogP contribution in [0.4, 0.5) is 0 Å². The molecule has 1 fully saturated rings. The van der Waals surface area contributed by atoms with Gasteiger partial charge >= 0.3 is 0 Å². The zero-order valence-corrected chi connectivity index (χ0v) is 13.2. The highest BCUT2D eigenvalue weighted by Gasteiger charge is 2.13. The van der Waals surface area contributed by atoms with Crippen molar-refractivity contribution < 1.29 is 0 Å². The van der Waals surface area contributed by atoms with Gasteiger partial charge in [-0.3, -0.25) is 0 Å². The number of piperazine rings is 1. The molecule has 0 saturated carbocycles. The third-order valence-corrected chi connectivity index (χ3v) is 2.54. The molecule has 0 aromatic heterocycles. The maximum absolute atomic E-state index is 3.85. The molecule has 0 spiro atoms. The molecule has 0 N–H and O–H groups in total. The van der Waals surface area contributed by atoms with Crippen LogP contribution in [0.1, 0.15) is 34.6 Å². The Morgan fingerprint density at radius 1 is 1.00 bits per heavy atom. The molecule has 0 atom stereocenters. The van der Waals surface area contributed by atoms with Gasteiger partial charge in [0.15, 0.2) is 0 Å². The Morgan fingerprint density at radius 2 is 1.50 bits per heavy atom. The van der Waals surface area contributed by atoms with Crippen LogP contribution in [0.2, 0.25) is 0 Å². The molecule has 0 amide bonds. The Bertz CT molecular complexity index is 233. The summed E-state index contributed by atoms with van der Waals surface area (Å²) in [6, 6.07) is 0. The molecular weight excluding hydrogens is 220 g/mol. The average molecular weight is 252 g/mol. The molecule has 0 unspecified atom stereocenters. The lowest BCUT2D eigenvalue weighted by atomic mass is 10.2. The van der Waals surface area contributed by atoms with E-state index in [0.29, 0.717) is 0 Å². The van der Waals surface area contributed by atoms with Crippen LogP contribution in [0, 0.1) is 0 Å². The first kappa shape index (κ1) is 19.3. The van der Waals surface area contributed by atoms with Gasteiger partial charge in [0, 0.05) is 31.9 Å². The standard InChI is InChI=1S/C12H20N2.2C2H6/c1-4-6-7-12(5-2)14-10-8-13(3)9-11-14;2*1-2/h4-7H,2,8-11H2,1,3H3;2*1-2H3/b6-4-,12-7+;;. The Kier molecular flexibility index (Phi) is 15.1. The molecule has 2 heteroatoms. The van der Waals surface area contributed by atoms with E-state index < -0.39 is 0 Å². The van der Waals surface area contributed by atoms with Crippen LogP contribution in [0.5, 0.6) is 0 Å². The molecule has 1 aliphatic rings. The Hall–Kier alpha value is -1.02. The van der Waals surface area contributed by atoms with E-state index in [1.807, 2.05) is 46.8 Å². The van der Waals surface area contributed by atoms with E-state index in [1.165, 1.54) is 5.70 Å². The van der Waals surface area contributed by atoms with E-state index in [1.54, 1.807) is 0 Å². The average Bonchev–Trinajstić information content (AvgIpc) is 2.46. The first-order chi connectivity index (χ1) is 8.77. The molecule has 1 heterocycles. The van der Waals surface area contributed by atoms with E-state index in [9.17, 15) is 0 Å². The first-order valence-corrected chi connectivity index (χ1v) is 7.17. The summed E-state index contributed by atoms with van der Waals surface area (Å²) in [5, 5.41) is 0. The zero-order valence-electron chi connectivity index (χ0n) is 13.2. The smallest absolute Gasteiger partial charge is 0.0361 e. The molecule has 0 aromatic carbocycles. The van der Waals surface area contributed by atoms with Crippen LogP contribution in [-0.2, 0) is 0 Å². The van der Waals surface area contributed by atoms with Gasteiger partial charge in [-0.05, 0) is 26.1 Å². The second kappa shape index (κ2) is 14.0. The van der Waals surface area contributed by atoms with Crippen molar-refractivity contribution in [1.82, 2.24) is 9.80 Å². The van der Waals surface area contributed by atoms with Crippen LogP contribution >= 0.6 is 0 Å². The lowest BCUT2D eigenvalue weighted by molar-refractivity contribution is 0.190. The minimum Gasteiger partial charge on any atom is -0.369 e. The van der Waals surface area contributed by atoms with E-state index >= 15 is 0 Å². The largest absolute Gasteiger partial charge is 0.369 e. The fourth-order valence-corrected chi connectivity index (χ4v) is 1.56. The summed E-state index contributed by atoms with van der Waals surface area (Å²) in [4.78, 5) is 4.74. The molecule has 0 aliphatic carbocycles. The van der Waals surface area contributed by atoms with E-state index in [-0.39, 0.29) is 0 Å². The highest BCUT2D eigenvalue weighted by Crippen LogP contribution is 2.09. The van der Waals surface area contributed by atoms with Gasteiger partial charge in [-0.1, -0.05) is 46.4 Å². The third-order valence-electron chi connectivity index (χ3n) is 2.54. The van der Waals surface area contributed by atoms with Crippen molar-refractivity contribution >= 4 is 0 Å². The lowest BCUT2D eigenvalue weighted by Crippen LogP contribution is -2.43. The van der Waals surface area contributed by atoms with Gasteiger partial charge in [-0.25, -0.2) is 0 Å². The molecule has 2 nitrogen and oxygen atoms in total.